The Balaban J connectivity index is 2.08. The number of nitrogens with zero attached hydrogens (tertiary/aromatic N) is 2. The van der Waals surface area contributed by atoms with Crippen LogP contribution in [0.5, 0.6) is 5.88 Å². The normalized spacial score (nSPS) is 11.7. The first-order chi connectivity index (χ1) is 13.0. The number of hydrazone groups is 1. The van der Waals surface area contributed by atoms with Gasteiger partial charge in [0.2, 0.25) is 11.8 Å². The van der Waals surface area contributed by atoms with Crippen molar-refractivity contribution in [3.63, 3.8) is 0 Å². The van der Waals surface area contributed by atoms with Crippen LogP contribution >= 0.6 is 11.6 Å². The number of benzene rings is 2. The summed E-state index contributed by atoms with van der Waals surface area (Å²) in [7, 11) is 0. The van der Waals surface area contributed by atoms with Crippen LogP contribution in [-0.2, 0) is 4.79 Å². The van der Waals surface area contributed by atoms with E-state index in [9.17, 15) is 9.90 Å². The molecular weight excluding hydrogens is 366 g/mol. The molecule has 27 heavy (non-hydrogen) atoms. The third-order valence-corrected chi connectivity index (χ3v) is 4.43. The number of aliphatic hydroxyl groups excluding tert-OH is 1. The molecule has 3 N–H and O–H groups in total. The van der Waals surface area contributed by atoms with Crippen LogP contribution in [0.2, 0.25) is 5.02 Å². The van der Waals surface area contributed by atoms with Crippen molar-refractivity contribution >= 4 is 34.1 Å². The van der Waals surface area contributed by atoms with E-state index in [1.165, 1.54) is 0 Å². The van der Waals surface area contributed by atoms with Gasteiger partial charge in [-0.05, 0) is 37.6 Å². The fourth-order valence-electron chi connectivity index (χ4n) is 2.94. The molecule has 7 heteroatoms. The summed E-state index contributed by atoms with van der Waals surface area (Å²) in [4.78, 5) is 11.7. The monoisotopic (exact) mass is 385 g/mol. The Bertz CT molecular complexity index is 997. The molecule has 0 aliphatic heterocycles. The van der Waals surface area contributed by atoms with Crippen molar-refractivity contribution < 1.29 is 15.0 Å². The summed E-state index contributed by atoms with van der Waals surface area (Å²) in [5, 5.41) is 25.2. The number of rotatable bonds is 6. The van der Waals surface area contributed by atoms with E-state index in [1.807, 2.05) is 36.4 Å². The van der Waals surface area contributed by atoms with Gasteiger partial charge in [-0.2, -0.15) is 5.10 Å². The maximum absolute atomic E-state index is 11.7. The number of aromatic hydroxyl groups is 1. The van der Waals surface area contributed by atoms with Gasteiger partial charge in [-0.25, -0.2) is 5.43 Å². The van der Waals surface area contributed by atoms with Crippen molar-refractivity contribution in [3.8, 4) is 11.6 Å². The molecule has 3 rings (SSSR count). The van der Waals surface area contributed by atoms with Gasteiger partial charge < -0.3 is 10.2 Å². The van der Waals surface area contributed by atoms with Crippen LogP contribution in [0.4, 0.5) is 0 Å². The summed E-state index contributed by atoms with van der Waals surface area (Å²) in [6, 6.07) is 14.8. The van der Waals surface area contributed by atoms with Crippen molar-refractivity contribution in [2.75, 3.05) is 6.61 Å². The van der Waals surface area contributed by atoms with E-state index in [0.29, 0.717) is 22.7 Å². The number of halogens is 1. The largest absolute Gasteiger partial charge is 0.494 e. The number of aliphatic hydroxyl groups is 1. The number of aromatic nitrogens is 1. The van der Waals surface area contributed by atoms with Crippen LogP contribution in [0, 0.1) is 0 Å². The zero-order valence-corrected chi connectivity index (χ0v) is 15.6. The second-order valence-electron chi connectivity index (χ2n) is 6.09. The van der Waals surface area contributed by atoms with E-state index >= 15 is 0 Å². The van der Waals surface area contributed by atoms with Crippen LogP contribution in [0.1, 0.15) is 25.3 Å². The summed E-state index contributed by atoms with van der Waals surface area (Å²) in [5.41, 5.74) is 4.97. The van der Waals surface area contributed by atoms with E-state index in [1.54, 1.807) is 23.6 Å². The Morgan fingerprint density at radius 3 is 2.67 bits per heavy atom. The SMILES string of the molecule is CC(=NNC(=O)CCCO)c1c(O)n(-c2ccccc2)c2cc(Cl)ccc12. The van der Waals surface area contributed by atoms with Crippen LogP contribution in [0.25, 0.3) is 16.6 Å². The van der Waals surface area contributed by atoms with Crippen molar-refractivity contribution in [1.29, 1.82) is 0 Å². The lowest BCUT2D eigenvalue weighted by Gasteiger charge is -2.07. The van der Waals surface area contributed by atoms with Crippen molar-refractivity contribution in [3.05, 3.63) is 59.1 Å². The minimum atomic E-state index is -0.294. The number of hydrogen-bond acceptors (Lipinski definition) is 4. The van der Waals surface area contributed by atoms with Crippen LogP contribution < -0.4 is 5.43 Å². The van der Waals surface area contributed by atoms with Gasteiger partial charge in [0.25, 0.3) is 0 Å². The second-order valence-corrected chi connectivity index (χ2v) is 6.53. The van der Waals surface area contributed by atoms with E-state index in [0.717, 1.165) is 16.6 Å². The number of nitrogens with one attached hydrogen (secondary N) is 1. The Kier molecular flexibility index (Phi) is 5.78. The molecule has 0 fully saturated rings. The van der Waals surface area contributed by atoms with E-state index in [4.69, 9.17) is 16.7 Å². The molecular formula is C20H20ClN3O3. The molecule has 0 radical (unpaired) electrons. The maximum atomic E-state index is 11.7. The van der Waals surface area contributed by atoms with E-state index in [2.05, 4.69) is 10.5 Å². The number of carbonyl (C=O) groups excluding carboxylic acids is 1. The smallest absolute Gasteiger partial charge is 0.240 e. The molecule has 140 valence electrons. The third kappa shape index (κ3) is 3.97. The summed E-state index contributed by atoms with van der Waals surface area (Å²) in [5.74, 6) is -0.276. The minimum absolute atomic E-state index is 0.0179. The van der Waals surface area contributed by atoms with Gasteiger partial charge >= 0.3 is 0 Å². The lowest BCUT2D eigenvalue weighted by molar-refractivity contribution is -0.121. The zero-order valence-electron chi connectivity index (χ0n) is 14.8. The highest BCUT2D eigenvalue weighted by atomic mass is 35.5. The topological polar surface area (TPSA) is 86.8 Å². The van der Waals surface area contributed by atoms with Gasteiger partial charge in [0, 0.05) is 29.1 Å². The fraction of sp³-hybridized carbons (Fsp3) is 0.200. The Morgan fingerprint density at radius 2 is 1.96 bits per heavy atom. The molecule has 0 saturated heterocycles. The van der Waals surface area contributed by atoms with Crippen molar-refractivity contribution in [2.45, 2.75) is 19.8 Å². The molecule has 2 aromatic carbocycles. The highest BCUT2D eigenvalue weighted by molar-refractivity contribution is 6.31. The van der Waals surface area contributed by atoms with Crippen LogP contribution in [-0.4, -0.2) is 33.0 Å². The molecule has 0 aliphatic rings. The molecule has 3 aromatic rings. The summed E-state index contributed by atoms with van der Waals surface area (Å²) < 4.78 is 1.70. The van der Waals surface area contributed by atoms with E-state index in [-0.39, 0.29) is 24.8 Å². The quantitative estimate of drug-likeness (QED) is 0.447. The molecule has 0 atom stereocenters. The molecule has 1 amide bonds. The third-order valence-electron chi connectivity index (χ3n) is 4.19. The van der Waals surface area contributed by atoms with Crippen LogP contribution in [0.15, 0.2) is 53.6 Å². The highest BCUT2D eigenvalue weighted by Gasteiger charge is 2.20. The van der Waals surface area contributed by atoms with Gasteiger partial charge in [-0.3, -0.25) is 9.36 Å². The van der Waals surface area contributed by atoms with Crippen LogP contribution in [0.3, 0.4) is 0 Å². The maximum Gasteiger partial charge on any atom is 0.240 e. The lowest BCUT2D eigenvalue weighted by Crippen LogP contribution is -2.19. The Labute approximate surface area is 161 Å². The number of fused-ring (bicyclic) bond motifs is 1. The van der Waals surface area contributed by atoms with E-state index < -0.39 is 0 Å². The Morgan fingerprint density at radius 1 is 1.22 bits per heavy atom. The molecule has 1 aromatic heterocycles. The van der Waals surface area contributed by atoms with Crippen molar-refractivity contribution in [2.24, 2.45) is 5.10 Å². The summed E-state index contributed by atoms with van der Waals surface area (Å²) in [6.07, 6.45) is 0.554. The number of hydrogen-bond donors (Lipinski definition) is 3. The Hall–Kier alpha value is -2.83. The predicted molar refractivity (Wildman–Crippen MR) is 107 cm³/mol. The summed E-state index contributed by atoms with van der Waals surface area (Å²) in [6.45, 7) is 1.66. The fourth-order valence-corrected chi connectivity index (χ4v) is 3.11. The van der Waals surface area contributed by atoms with Gasteiger partial charge in [-0.15, -0.1) is 0 Å². The molecule has 6 nitrogen and oxygen atoms in total. The number of carbonyl (C=O) groups is 1. The van der Waals surface area contributed by atoms with Gasteiger partial charge in [0.15, 0.2) is 0 Å². The lowest BCUT2D eigenvalue weighted by atomic mass is 10.1. The molecule has 0 unspecified atom stereocenters. The standard InChI is InChI=1S/C20H20ClN3O3/c1-13(22-23-18(26)8-5-11-25)19-16-10-9-14(21)12-17(16)24(20(19)27)15-6-3-2-4-7-15/h2-4,6-7,9-10,12,25,27H,5,8,11H2,1H3,(H,23,26). The average Bonchev–Trinajstić information content (AvgIpc) is 2.96. The summed E-state index contributed by atoms with van der Waals surface area (Å²) >= 11 is 6.17. The zero-order chi connectivity index (χ0) is 19.4. The molecule has 0 saturated carbocycles. The molecule has 0 spiro atoms. The van der Waals surface area contributed by atoms with Crippen molar-refractivity contribution in [1.82, 2.24) is 9.99 Å². The average molecular weight is 386 g/mol. The first kappa shape index (κ1) is 18.9. The highest BCUT2D eigenvalue weighted by Crippen LogP contribution is 2.36. The first-order valence-electron chi connectivity index (χ1n) is 8.55. The second kappa shape index (κ2) is 8.24. The molecule has 0 bridgehead atoms. The van der Waals surface area contributed by atoms with Gasteiger partial charge in [0.05, 0.1) is 16.8 Å². The molecule has 0 aliphatic carbocycles. The van der Waals surface area contributed by atoms with Gasteiger partial charge in [-0.1, -0.05) is 35.9 Å². The first-order valence-corrected chi connectivity index (χ1v) is 8.93. The number of amides is 1. The predicted octanol–water partition coefficient (Wildman–Crippen LogP) is 3.60. The minimum Gasteiger partial charge on any atom is -0.494 e. The number of para-hydroxylation sites is 1. The molecule has 1 heterocycles. The van der Waals surface area contributed by atoms with Gasteiger partial charge in [0.1, 0.15) is 0 Å².